The van der Waals surface area contributed by atoms with Crippen molar-refractivity contribution in [2.75, 3.05) is 6.54 Å². The topological polar surface area (TPSA) is 64.1 Å². The number of phenols is 1. The minimum Gasteiger partial charge on any atom is -0.508 e. The van der Waals surface area contributed by atoms with E-state index in [1.165, 1.54) is 0 Å². The van der Waals surface area contributed by atoms with Gasteiger partial charge in [-0.1, -0.05) is 6.92 Å². The first-order chi connectivity index (χ1) is 7.13. The van der Waals surface area contributed by atoms with Gasteiger partial charge in [-0.3, -0.25) is 0 Å². The third-order valence-corrected chi connectivity index (χ3v) is 2.69. The molecule has 1 aromatic carbocycles. The molecule has 0 aliphatic heterocycles. The summed E-state index contributed by atoms with van der Waals surface area (Å²) in [7, 11) is 1.94. The predicted molar refractivity (Wildman–Crippen MR) is 59.8 cm³/mol. The molecule has 0 fully saturated rings. The third kappa shape index (κ3) is 1.57. The quantitative estimate of drug-likeness (QED) is 0.777. The standard InChI is InChI=1S/C11H15N3O/c1-7(6-12)11-13-9-4-3-8(15)5-10(9)14(11)2/h3-5,7,15H,6,12H2,1-2H3. The molecule has 0 radical (unpaired) electrons. The summed E-state index contributed by atoms with van der Waals surface area (Å²) in [4.78, 5) is 4.50. The van der Waals surface area contributed by atoms with Gasteiger partial charge in [0.15, 0.2) is 0 Å². The van der Waals surface area contributed by atoms with Crippen molar-refractivity contribution in [3.63, 3.8) is 0 Å². The Hall–Kier alpha value is -1.55. The molecule has 3 N–H and O–H groups in total. The average Bonchev–Trinajstić information content (AvgIpc) is 2.55. The van der Waals surface area contributed by atoms with E-state index in [9.17, 15) is 5.11 Å². The van der Waals surface area contributed by atoms with Gasteiger partial charge in [0.25, 0.3) is 0 Å². The number of aromatic hydroxyl groups is 1. The number of nitrogens with two attached hydrogens (primary N) is 1. The van der Waals surface area contributed by atoms with Crippen LogP contribution in [0.2, 0.25) is 0 Å². The summed E-state index contributed by atoms with van der Waals surface area (Å²) in [6, 6.07) is 5.18. The number of hydrogen-bond acceptors (Lipinski definition) is 3. The summed E-state index contributed by atoms with van der Waals surface area (Å²) < 4.78 is 1.98. The fourth-order valence-corrected chi connectivity index (χ4v) is 1.74. The van der Waals surface area contributed by atoms with Gasteiger partial charge < -0.3 is 15.4 Å². The third-order valence-electron chi connectivity index (χ3n) is 2.69. The summed E-state index contributed by atoms with van der Waals surface area (Å²) >= 11 is 0. The van der Waals surface area contributed by atoms with Crippen LogP contribution in [0.25, 0.3) is 11.0 Å². The SMILES string of the molecule is CC(CN)c1nc2ccc(O)cc2n1C. The van der Waals surface area contributed by atoms with Gasteiger partial charge in [0.1, 0.15) is 11.6 Å². The summed E-state index contributed by atoms with van der Waals surface area (Å²) in [6.45, 7) is 2.62. The molecule has 0 saturated heterocycles. The Bertz CT molecular complexity index is 490. The van der Waals surface area contributed by atoms with Crippen LogP contribution in [-0.4, -0.2) is 21.2 Å². The van der Waals surface area contributed by atoms with Gasteiger partial charge >= 0.3 is 0 Å². The number of benzene rings is 1. The molecule has 0 spiro atoms. The lowest BCUT2D eigenvalue weighted by molar-refractivity contribution is 0.476. The Morgan fingerprint density at radius 2 is 2.27 bits per heavy atom. The zero-order chi connectivity index (χ0) is 11.0. The van der Waals surface area contributed by atoms with Gasteiger partial charge in [0.05, 0.1) is 11.0 Å². The second kappa shape index (κ2) is 3.55. The summed E-state index contributed by atoms with van der Waals surface area (Å²) in [5.74, 6) is 1.44. The van der Waals surface area contributed by atoms with Crippen LogP contribution in [-0.2, 0) is 7.05 Å². The lowest BCUT2D eigenvalue weighted by Gasteiger charge is -2.07. The lowest BCUT2D eigenvalue weighted by Crippen LogP contribution is -2.13. The van der Waals surface area contributed by atoms with Crippen molar-refractivity contribution in [1.29, 1.82) is 0 Å². The van der Waals surface area contributed by atoms with E-state index in [0.717, 1.165) is 16.9 Å². The molecule has 0 aliphatic carbocycles. The van der Waals surface area contributed by atoms with E-state index >= 15 is 0 Å². The number of phenolic OH excluding ortho intramolecular Hbond substituents is 1. The number of imidazole rings is 1. The molecule has 2 rings (SSSR count). The number of hydrogen-bond donors (Lipinski definition) is 2. The molecular formula is C11H15N3O. The van der Waals surface area contributed by atoms with Crippen molar-refractivity contribution in [1.82, 2.24) is 9.55 Å². The van der Waals surface area contributed by atoms with Crippen molar-refractivity contribution < 1.29 is 5.11 Å². The fraction of sp³-hybridized carbons (Fsp3) is 0.364. The Morgan fingerprint density at radius 3 is 2.93 bits per heavy atom. The van der Waals surface area contributed by atoms with Crippen LogP contribution in [0.5, 0.6) is 5.75 Å². The van der Waals surface area contributed by atoms with E-state index in [4.69, 9.17) is 5.73 Å². The number of rotatable bonds is 2. The molecule has 4 nitrogen and oxygen atoms in total. The second-order valence-corrected chi connectivity index (χ2v) is 3.84. The number of aromatic nitrogens is 2. The van der Waals surface area contributed by atoms with Gasteiger partial charge in [0, 0.05) is 25.6 Å². The molecule has 0 bridgehead atoms. The van der Waals surface area contributed by atoms with Crippen molar-refractivity contribution in [2.24, 2.45) is 12.8 Å². The Balaban J connectivity index is 2.64. The van der Waals surface area contributed by atoms with Crippen LogP contribution in [0, 0.1) is 0 Å². The zero-order valence-electron chi connectivity index (χ0n) is 8.94. The van der Waals surface area contributed by atoms with Crippen molar-refractivity contribution >= 4 is 11.0 Å². The van der Waals surface area contributed by atoms with Gasteiger partial charge in [0.2, 0.25) is 0 Å². The van der Waals surface area contributed by atoms with E-state index in [-0.39, 0.29) is 11.7 Å². The second-order valence-electron chi connectivity index (χ2n) is 3.84. The highest BCUT2D eigenvalue weighted by Gasteiger charge is 2.13. The van der Waals surface area contributed by atoms with E-state index in [0.29, 0.717) is 6.54 Å². The molecule has 1 aromatic heterocycles. The lowest BCUT2D eigenvalue weighted by atomic mass is 10.2. The van der Waals surface area contributed by atoms with E-state index in [2.05, 4.69) is 4.98 Å². The highest BCUT2D eigenvalue weighted by Crippen LogP contribution is 2.23. The maximum Gasteiger partial charge on any atom is 0.117 e. The van der Waals surface area contributed by atoms with Gasteiger partial charge in [-0.25, -0.2) is 4.98 Å². The summed E-state index contributed by atoms with van der Waals surface area (Å²) in [5.41, 5.74) is 7.45. The fourth-order valence-electron chi connectivity index (χ4n) is 1.74. The highest BCUT2D eigenvalue weighted by molar-refractivity contribution is 5.77. The van der Waals surface area contributed by atoms with Crippen molar-refractivity contribution in [3.05, 3.63) is 24.0 Å². The largest absolute Gasteiger partial charge is 0.508 e. The first kappa shape index (κ1) is 9.98. The molecule has 1 atom stereocenters. The Labute approximate surface area is 88.3 Å². The Kier molecular flexibility index (Phi) is 2.36. The summed E-state index contributed by atoms with van der Waals surface area (Å²) in [5, 5.41) is 9.39. The first-order valence-electron chi connectivity index (χ1n) is 4.99. The van der Waals surface area contributed by atoms with Crippen LogP contribution in [0.1, 0.15) is 18.7 Å². The van der Waals surface area contributed by atoms with Gasteiger partial charge in [-0.15, -0.1) is 0 Å². The van der Waals surface area contributed by atoms with E-state index in [1.54, 1.807) is 12.1 Å². The molecule has 1 unspecified atom stereocenters. The van der Waals surface area contributed by atoms with Crippen LogP contribution >= 0.6 is 0 Å². The van der Waals surface area contributed by atoms with E-state index < -0.39 is 0 Å². The number of fused-ring (bicyclic) bond motifs is 1. The molecule has 4 heteroatoms. The number of nitrogens with zero attached hydrogens (tertiary/aromatic N) is 2. The molecule has 0 aliphatic rings. The zero-order valence-corrected chi connectivity index (χ0v) is 8.94. The molecule has 1 heterocycles. The molecule has 0 amide bonds. The van der Waals surface area contributed by atoms with Crippen LogP contribution < -0.4 is 5.73 Å². The summed E-state index contributed by atoms with van der Waals surface area (Å²) in [6.07, 6.45) is 0. The minimum absolute atomic E-state index is 0.226. The maximum atomic E-state index is 9.39. The highest BCUT2D eigenvalue weighted by atomic mass is 16.3. The molecule has 2 aromatic rings. The van der Waals surface area contributed by atoms with Gasteiger partial charge in [-0.2, -0.15) is 0 Å². The van der Waals surface area contributed by atoms with Crippen LogP contribution in [0.3, 0.4) is 0 Å². The molecular weight excluding hydrogens is 190 g/mol. The van der Waals surface area contributed by atoms with Crippen LogP contribution in [0.4, 0.5) is 0 Å². The van der Waals surface area contributed by atoms with Crippen LogP contribution in [0.15, 0.2) is 18.2 Å². The molecule has 15 heavy (non-hydrogen) atoms. The monoisotopic (exact) mass is 205 g/mol. The first-order valence-corrected chi connectivity index (χ1v) is 4.99. The number of aryl methyl sites for hydroxylation is 1. The molecule has 0 saturated carbocycles. The Morgan fingerprint density at radius 1 is 1.53 bits per heavy atom. The van der Waals surface area contributed by atoms with Crippen molar-refractivity contribution in [2.45, 2.75) is 12.8 Å². The normalized spacial score (nSPS) is 13.3. The maximum absolute atomic E-state index is 9.39. The molecule has 80 valence electrons. The average molecular weight is 205 g/mol. The van der Waals surface area contributed by atoms with Gasteiger partial charge in [-0.05, 0) is 12.1 Å². The van der Waals surface area contributed by atoms with Crippen molar-refractivity contribution in [3.8, 4) is 5.75 Å². The minimum atomic E-state index is 0.226. The van der Waals surface area contributed by atoms with E-state index in [1.807, 2.05) is 24.6 Å². The smallest absolute Gasteiger partial charge is 0.117 e. The predicted octanol–water partition coefficient (Wildman–Crippen LogP) is 1.34.